The Morgan fingerprint density at radius 2 is 1.36 bits per heavy atom. The standard InChI is InChI=1S/C26H33S.Sn/c1-2-3-4-5-6-7-8-9-10-11-15-23-19-20-27-26(23)25-18-17-22-14-12-13-16-24(22)21-25;/h12-14,16-19,21H,2-11,15H2,1H3;. The number of hydrogen-bond donors (Lipinski definition) is 0. The molecule has 0 fully saturated rings. The zero-order chi connectivity index (χ0) is 19.6. The zero-order valence-corrected chi connectivity index (χ0v) is 21.0. The van der Waals surface area contributed by atoms with E-state index in [0.29, 0.717) is 0 Å². The second-order valence-corrected chi connectivity index (χ2v) is 11.6. The Bertz CT molecular complexity index is 849. The van der Waals surface area contributed by atoms with E-state index < -0.39 is 0 Å². The van der Waals surface area contributed by atoms with Crippen LogP contribution in [0.2, 0.25) is 0 Å². The molecule has 3 radical (unpaired) electrons. The molecule has 3 rings (SSSR count). The summed E-state index contributed by atoms with van der Waals surface area (Å²) in [6.07, 6.45) is 15.3. The first-order chi connectivity index (χ1) is 13.8. The van der Waals surface area contributed by atoms with Crippen molar-refractivity contribution in [3.8, 4) is 10.4 Å². The molecule has 0 unspecified atom stereocenters. The molecule has 2 aromatic carbocycles. The Hall–Kier alpha value is -0.801. The van der Waals surface area contributed by atoms with Crippen molar-refractivity contribution < 1.29 is 0 Å². The van der Waals surface area contributed by atoms with Crippen LogP contribution in [-0.4, -0.2) is 22.5 Å². The molecular weight excluding hydrogens is 463 g/mol. The van der Waals surface area contributed by atoms with Crippen molar-refractivity contribution in [1.29, 1.82) is 0 Å². The molecule has 0 bridgehead atoms. The molecule has 0 saturated heterocycles. The molecule has 0 aliphatic carbocycles. The summed E-state index contributed by atoms with van der Waals surface area (Å²) in [5.41, 5.74) is 2.98. The molecule has 0 aliphatic rings. The van der Waals surface area contributed by atoms with Crippen LogP contribution in [0.5, 0.6) is 0 Å². The van der Waals surface area contributed by atoms with Gasteiger partial charge in [-0.15, -0.1) is 0 Å². The molecule has 0 amide bonds. The molecular formula is C26H33SSn. The topological polar surface area (TPSA) is 0 Å². The van der Waals surface area contributed by atoms with Crippen LogP contribution in [0.4, 0.5) is 0 Å². The van der Waals surface area contributed by atoms with Gasteiger partial charge in [-0.1, -0.05) is 19.8 Å². The quantitative estimate of drug-likeness (QED) is 0.177. The van der Waals surface area contributed by atoms with E-state index in [4.69, 9.17) is 0 Å². The second kappa shape index (κ2) is 12.0. The third-order valence-electron chi connectivity index (χ3n) is 5.62. The van der Waals surface area contributed by atoms with Crippen LogP contribution in [0, 0.1) is 0 Å². The first-order valence-electron chi connectivity index (χ1n) is 11.1. The van der Waals surface area contributed by atoms with E-state index in [1.54, 1.807) is 28.1 Å². The van der Waals surface area contributed by atoms with Gasteiger partial charge in [0.1, 0.15) is 0 Å². The fourth-order valence-corrected chi connectivity index (χ4v) is 6.32. The van der Waals surface area contributed by atoms with Crippen LogP contribution >= 0.6 is 11.3 Å². The number of thiophene rings is 1. The summed E-state index contributed by atoms with van der Waals surface area (Å²) in [5, 5.41) is 2.69. The van der Waals surface area contributed by atoms with Gasteiger partial charge >= 0.3 is 170 Å². The predicted octanol–water partition coefficient (Wildman–Crippen LogP) is 7.83. The van der Waals surface area contributed by atoms with Crippen molar-refractivity contribution in [2.45, 2.75) is 77.6 Å². The molecule has 0 atom stereocenters. The number of unbranched alkanes of at least 4 members (excludes halogenated alkanes) is 9. The van der Waals surface area contributed by atoms with E-state index in [1.807, 2.05) is 11.3 Å². The molecule has 0 aliphatic heterocycles. The molecule has 147 valence electrons. The van der Waals surface area contributed by atoms with Crippen LogP contribution in [0.15, 0.2) is 48.5 Å². The summed E-state index contributed by atoms with van der Waals surface area (Å²) < 4.78 is 1.53. The van der Waals surface area contributed by atoms with Crippen molar-refractivity contribution >= 4 is 47.5 Å². The van der Waals surface area contributed by atoms with Crippen LogP contribution in [0.25, 0.3) is 21.2 Å². The Labute approximate surface area is 188 Å². The average Bonchev–Trinajstić information content (AvgIpc) is 3.09. The third-order valence-corrected chi connectivity index (χ3v) is 7.95. The fourth-order valence-electron chi connectivity index (χ4n) is 3.99. The first-order valence-corrected chi connectivity index (χ1v) is 13.4. The van der Waals surface area contributed by atoms with Gasteiger partial charge in [0.05, 0.1) is 0 Å². The van der Waals surface area contributed by atoms with Gasteiger partial charge in [-0.3, -0.25) is 0 Å². The minimum atomic E-state index is 1.24. The summed E-state index contributed by atoms with van der Waals surface area (Å²) >= 11 is 3.54. The van der Waals surface area contributed by atoms with Crippen molar-refractivity contribution in [2.75, 3.05) is 0 Å². The van der Waals surface area contributed by atoms with Crippen molar-refractivity contribution in [2.24, 2.45) is 0 Å². The van der Waals surface area contributed by atoms with Crippen LogP contribution < -0.4 is 2.89 Å². The predicted molar refractivity (Wildman–Crippen MR) is 128 cm³/mol. The number of aryl methyl sites for hydroxylation is 1. The molecule has 1 heterocycles. The number of fused-ring (bicyclic) bond motifs is 1. The van der Waals surface area contributed by atoms with E-state index >= 15 is 0 Å². The van der Waals surface area contributed by atoms with E-state index in [2.05, 4.69) is 55.5 Å². The third kappa shape index (κ3) is 6.62. The maximum atomic E-state index is 2.46. The van der Waals surface area contributed by atoms with Gasteiger partial charge in [0.15, 0.2) is 0 Å². The minimum absolute atomic E-state index is 1.24. The average molecular weight is 496 g/mol. The van der Waals surface area contributed by atoms with Gasteiger partial charge < -0.3 is 0 Å². The van der Waals surface area contributed by atoms with Gasteiger partial charge in [0.25, 0.3) is 0 Å². The molecule has 2 heteroatoms. The molecule has 0 spiro atoms. The van der Waals surface area contributed by atoms with E-state index in [-0.39, 0.29) is 0 Å². The maximum absolute atomic E-state index is 2.46. The van der Waals surface area contributed by atoms with Gasteiger partial charge in [0, 0.05) is 0 Å². The van der Waals surface area contributed by atoms with Gasteiger partial charge in [-0.05, 0) is 0 Å². The Balaban J connectivity index is 1.47. The van der Waals surface area contributed by atoms with E-state index in [0.717, 1.165) is 0 Å². The zero-order valence-electron chi connectivity index (χ0n) is 17.3. The van der Waals surface area contributed by atoms with E-state index in [9.17, 15) is 0 Å². The van der Waals surface area contributed by atoms with Gasteiger partial charge in [-0.2, -0.15) is 0 Å². The van der Waals surface area contributed by atoms with Crippen molar-refractivity contribution in [1.82, 2.24) is 0 Å². The summed E-state index contributed by atoms with van der Waals surface area (Å²) in [7, 11) is 0. The van der Waals surface area contributed by atoms with Gasteiger partial charge in [0.2, 0.25) is 0 Å². The summed E-state index contributed by atoms with van der Waals surface area (Å²) in [6, 6.07) is 18.1. The molecule has 0 saturated carbocycles. The normalized spacial score (nSPS) is 11.4. The fraction of sp³-hybridized carbons (Fsp3) is 0.462. The molecule has 3 aromatic rings. The first kappa shape index (κ1) is 21.9. The summed E-state index contributed by atoms with van der Waals surface area (Å²) in [5.74, 6) is 0. The number of hydrogen-bond acceptors (Lipinski definition) is 1. The van der Waals surface area contributed by atoms with E-state index in [1.165, 1.54) is 94.7 Å². The monoisotopic (exact) mass is 497 g/mol. The molecule has 1 aromatic heterocycles. The second-order valence-electron chi connectivity index (χ2n) is 7.96. The molecule has 0 N–H and O–H groups in total. The summed E-state index contributed by atoms with van der Waals surface area (Å²) in [4.78, 5) is 1.51. The molecule has 28 heavy (non-hydrogen) atoms. The van der Waals surface area contributed by atoms with Gasteiger partial charge in [-0.25, -0.2) is 0 Å². The number of rotatable bonds is 12. The van der Waals surface area contributed by atoms with Crippen LogP contribution in [0.3, 0.4) is 0 Å². The Morgan fingerprint density at radius 3 is 2.07 bits per heavy atom. The number of benzene rings is 2. The summed E-state index contributed by atoms with van der Waals surface area (Å²) in [6.45, 7) is 2.29. The van der Waals surface area contributed by atoms with Crippen molar-refractivity contribution in [3.05, 3.63) is 54.1 Å². The Morgan fingerprint density at radius 1 is 0.714 bits per heavy atom. The Kier molecular flexibility index (Phi) is 9.40. The SMILES string of the molecule is CCCCCCCCCCCCc1c[c]([Sn])sc1-c1ccc2ccccc2c1. The van der Waals surface area contributed by atoms with Crippen LogP contribution in [0.1, 0.15) is 76.7 Å². The van der Waals surface area contributed by atoms with Crippen molar-refractivity contribution in [3.63, 3.8) is 0 Å². The van der Waals surface area contributed by atoms with Crippen LogP contribution in [-0.2, 0) is 6.42 Å². The molecule has 0 nitrogen and oxygen atoms in total.